The standard InChI is InChI=1S/C20H16FN3O4/c1-11-16(24-20(28-11)12-4-2-5-13(21)8-12)9-17(25)22-14-6-3-7-15-19(14)27-10-18(26)23-15/h2-8H,9-10H2,1H3,(H,22,25)(H,23,26). The highest BCUT2D eigenvalue weighted by Gasteiger charge is 2.21. The molecule has 3 aromatic rings. The van der Waals surface area contributed by atoms with Gasteiger partial charge in [-0.1, -0.05) is 12.1 Å². The molecule has 2 heterocycles. The minimum Gasteiger partial charge on any atom is -0.479 e. The number of carbonyl (C=O) groups excluding carboxylic acids is 2. The van der Waals surface area contributed by atoms with E-state index in [1.54, 1.807) is 37.3 Å². The number of nitrogens with zero attached hydrogens (tertiary/aromatic N) is 1. The molecule has 8 heteroatoms. The van der Waals surface area contributed by atoms with Gasteiger partial charge >= 0.3 is 0 Å². The first-order chi connectivity index (χ1) is 13.5. The molecule has 142 valence electrons. The van der Waals surface area contributed by atoms with Gasteiger partial charge in [0.15, 0.2) is 12.4 Å². The van der Waals surface area contributed by atoms with Crippen molar-refractivity contribution in [2.24, 2.45) is 0 Å². The van der Waals surface area contributed by atoms with E-state index in [1.165, 1.54) is 12.1 Å². The summed E-state index contributed by atoms with van der Waals surface area (Å²) in [5.74, 6) is 0.174. The van der Waals surface area contributed by atoms with E-state index in [9.17, 15) is 14.0 Å². The minimum atomic E-state index is -0.395. The predicted molar refractivity (Wildman–Crippen MR) is 99.5 cm³/mol. The summed E-state index contributed by atoms with van der Waals surface area (Å²) in [6.45, 7) is 1.58. The molecule has 2 amide bonds. The Morgan fingerprint density at radius 1 is 1.29 bits per heavy atom. The first-order valence-electron chi connectivity index (χ1n) is 8.57. The van der Waals surface area contributed by atoms with E-state index in [0.29, 0.717) is 34.1 Å². The van der Waals surface area contributed by atoms with Crippen LogP contribution in [-0.4, -0.2) is 23.4 Å². The van der Waals surface area contributed by atoms with E-state index < -0.39 is 5.82 Å². The molecule has 0 unspecified atom stereocenters. The minimum absolute atomic E-state index is 0.0271. The summed E-state index contributed by atoms with van der Waals surface area (Å²) in [5.41, 5.74) is 1.90. The van der Waals surface area contributed by atoms with E-state index in [4.69, 9.17) is 9.15 Å². The summed E-state index contributed by atoms with van der Waals surface area (Å²) >= 11 is 0. The maximum absolute atomic E-state index is 13.4. The van der Waals surface area contributed by atoms with E-state index in [1.807, 2.05) is 0 Å². The molecular formula is C20H16FN3O4. The number of fused-ring (bicyclic) bond motifs is 1. The molecule has 1 aromatic heterocycles. The number of hydrogen-bond acceptors (Lipinski definition) is 5. The summed E-state index contributed by atoms with van der Waals surface area (Å²) in [6, 6.07) is 11.0. The number of amides is 2. The van der Waals surface area contributed by atoms with Gasteiger partial charge in [-0.05, 0) is 37.3 Å². The number of rotatable bonds is 4. The van der Waals surface area contributed by atoms with E-state index in [2.05, 4.69) is 15.6 Å². The van der Waals surface area contributed by atoms with E-state index in [0.717, 1.165) is 0 Å². The summed E-state index contributed by atoms with van der Waals surface area (Å²) in [4.78, 5) is 28.2. The molecule has 7 nitrogen and oxygen atoms in total. The molecule has 0 radical (unpaired) electrons. The fraction of sp³-hybridized carbons (Fsp3) is 0.150. The van der Waals surface area contributed by atoms with Crippen LogP contribution in [0.3, 0.4) is 0 Å². The number of aromatic nitrogens is 1. The molecular weight excluding hydrogens is 365 g/mol. The van der Waals surface area contributed by atoms with Crippen LogP contribution in [0.25, 0.3) is 11.5 Å². The van der Waals surface area contributed by atoms with Crippen molar-refractivity contribution in [1.82, 2.24) is 4.98 Å². The molecule has 28 heavy (non-hydrogen) atoms. The molecule has 2 N–H and O–H groups in total. The number of nitrogens with one attached hydrogen (secondary N) is 2. The van der Waals surface area contributed by atoms with Crippen molar-refractivity contribution in [2.45, 2.75) is 13.3 Å². The van der Waals surface area contributed by atoms with Crippen molar-refractivity contribution in [3.05, 3.63) is 59.7 Å². The number of anilines is 2. The lowest BCUT2D eigenvalue weighted by molar-refractivity contribution is -0.118. The Kier molecular flexibility index (Phi) is 4.52. The maximum Gasteiger partial charge on any atom is 0.262 e. The second-order valence-electron chi connectivity index (χ2n) is 6.28. The van der Waals surface area contributed by atoms with Crippen LogP contribution in [-0.2, 0) is 16.0 Å². The van der Waals surface area contributed by atoms with Gasteiger partial charge in [0.25, 0.3) is 5.91 Å². The van der Waals surface area contributed by atoms with E-state index >= 15 is 0 Å². The number of carbonyl (C=O) groups is 2. The average Bonchev–Trinajstić information content (AvgIpc) is 3.02. The highest BCUT2D eigenvalue weighted by atomic mass is 19.1. The summed E-state index contributed by atoms with van der Waals surface area (Å²) in [7, 11) is 0. The Hall–Kier alpha value is -3.68. The number of oxazole rings is 1. The number of benzene rings is 2. The lowest BCUT2D eigenvalue weighted by atomic mass is 10.2. The number of aryl methyl sites for hydroxylation is 1. The van der Waals surface area contributed by atoms with Crippen LogP contribution in [0.5, 0.6) is 5.75 Å². The SMILES string of the molecule is Cc1oc(-c2cccc(F)c2)nc1CC(=O)Nc1cccc2c1OCC(=O)N2. The number of halogens is 1. The van der Waals surface area contributed by atoms with Crippen molar-refractivity contribution >= 4 is 23.2 Å². The largest absolute Gasteiger partial charge is 0.479 e. The Balaban J connectivity index is 1.51. The van der Waals surface area contributed by atoms with Crippen LogP contribution < -0.4 is 15.4 Å². The van der Waals surface area contributed by atoms with Crippen molar-refractivity contribution in [1.29, 1.82) is 0 Å². The first kappa shape index (κ1) is 17.7. The summed E-state index contributed by atoms with van der Waals surface area (Å²) in [6.07, 6.45) is -0.0271. The molecule has 0 bridgehead atoms. The third-order valence-corrected chi connectivity index (χ3v) is 4.20. The van der Waals surface area contributed by atoms with Crippen LogP contribution in [0, 0.1) is 12.7 Å². The molecule has 0 aliphatic carbocycles. The number of para-hydroxylation sites is 1. The lowest BCUT2D eigenvalue weighted by Gasteiger charge is -2.20. The van der Waals surface area contributed by atoms with Gasteiger partial charge in [-0.2, -0.15) is 0 Å². The number of hydrogen-bond donors (Lipinski definition) is 2. The van der Waals surface area contributed by atoms with Crippen molar-refractivity contribution in [3.8, 4) is 17.2 Å². The third-order valence-electron chi connectivity index (χ3n) is 4.20. The van der Waals surface area contributed by atoms with Crippen LogP contribution in [0.2, 0.25) is 0 Å². The van der Waals surface area contributed by atoms with Crippen LogP contribution in [0.15, 0.2) is 46.9 Å². The molecule has 0 atom stereocenters. The van der Waals surface area contributed by atoms with Crippen molar-refractivity contribution in [3.63, 3.8) is 0 Å². The predicted octanol–water partition coefficient (Wildman–Crippen LogP) is 3.30. The normalized spacial score (nSPS) is 12.7. The molecule has 1 aliphatic rings. The monoisotopic (exact) mass is 381 g/mol. The smallest absolute Gasteiger partial charge is 0.262 e. The fourth-order valence-electron chi connectivity index (χ4n) is 2.90. The zero-order valence-electron chi connectivity index (χ0n) is 14.9. The van der Waals surface area contributed by atoms with Gasteiger partial charge in [-0.3, -0.25) is 9.59 Å². The van der Waals surface area contributed by atoms with Crippen molar-refractivity contribution < 1.29 is 23.1 Å². The van der Waals surface area contributed by atoms with Crippen LogP contribution in [0.4, 0.5) is 15.8 Å². The molecule has 0 saturated heterocycles. The van der Waals surface area contributed by atoms with Gasteiger partial charge in [0, 0.05) is 5.56 Å². The Morgan fingerprint density at radius 3 is 2.93 bits per heavy atom. The zero-order valence-corrected chi connectivity index (χ0v) is 14.9. The third kappa shape index (κ3) is 3.57. The lowest BCUT2D eigenvalue weighted by Crippen LogP contribution is -2.26. The quantitative estimate of drug-likeness (QED) is 0.723. The second kappa shape index (κ2) is 7.15. The Morgan fingerprint density at radius 2 is 2.11 bits per heavy atom. The Labute approximate surface area is 159 Å². The average molecular weight is 381 g/mol. The summed E-state index contributed by atoms with van der Waals surface area (Å²) in [5, 5.41) is 5.45. The molecule has 4 rings (SSSR count). The van der Waals surface area contributed by atoms with Gasteiger partial charge < -0.3 is 19.8 Å². The molecule has 0 fully saturated rings. The fourth-order valence-corrected chi connectivity index (χ4v) is 2.90. The molecule has 2 aromatic carbocycles. The van der Waals surface area contributed by atoms with Gasteiger partial charge in [-0.25, -0.2) is 9.37 Å². The van der Waals surface area contributed by atoms with Gasteiger partial charge in [0.1, 0.15) is 11.6 Å². The van der Waals surface area contributed by atoms with Gasteiger partial charge in [0.2, 0.25) is 11.8 Å². The number of ether oxygens (including phenoxy) is 1. The first-order valence-corrected chi connectivity index (χ1v) is 8.57. The topological polar surface area (TPSA) is 93.5 Å². The van der Waals surface area contributed by atoms with Gasteiger partial charge in [-0.15, -0.1) is 0 Å². The van der Waals surface area contributed by atoms with Gasteiger partial charge in [0.05, 0.1) is 23.5 Å². The van der Waals surface area contributed by atoms with Crippen LogP contribution >= 0.6 is 0 Å². The highest BCUT2D eigenvalue weighted by molar-refractivity contribution is 6.00. The molecule has 1 aliphatic heterocycles. The Bertz CT molecular complexity index is 1080. The van der Waals surface area contributed by atoms with E-state index in [-0.39, 0.29) is 30.7 Å². The summed E-state index contributed by atoms with van der Waals surface area (Å²) < 4.78 is 24.4. The van der Waals surface area contributed by atoms with Crippen molar-refractivity contribution in [2.75, 3.05) is 17.2 Å². The highest BCUT2D eigenvalue weighted by Crippen LogP contribution is 2.35. The van der Waals surface area contributed by atoms with Crippen LogP contribution in [0.1, 0.15) is 11.5 Å². The second-order valence-corrected chi connectivity index (χ2v) is 6.28. The molecule has 0 saturated carbocycles. The zero-order chi connectivity index (χ0) is 19.7. The molecule has 0 spiro atoms. The maximum atomic E-state index is 13.4.